The van der Waals surface area contributed by atoms with E-state index in [1.54, 1.807) is 6.07 Å². The van der Waals surface area contributed by atoms with E-state index in [1.165, 1.54) is 18.7 Å². The first kappa shape index (κ1) is 14.5. The first-order valence-electron chi connectivity index (χ1n) is 6.49. The lowest BCUT2D eigenvalue weighted by molar-refractivity contribution is 0.385. The highest BCUT2D eigenvalue weighted by atomic mass is 19.1. The van der Waals surface area contributed by atoms with Gasteiger partial charge < -0.3 is 4.74 Å². The van der Waals surface area contributed by atoms with E-state index in [-0.39, 0.29) is 17.6 Å². The largest absolute Gasteiger partial charge is 0.494 e. The molecule has 0 fully saturated rings. The Balaban J connectivity index is 2.19. The third-order valence-corrected chi connectivity index (χ3v) is 3.34. The molecule has 2 aromatic rings. The van der Waals surface area contributed by atoms with E-state index in [0.717, 1.165) is 11.1 Å². The molecule has 2 rings (SSSR count). The second-order valence-corrected chi connectivity index (χ2v) is 4.80. The monoisotopic (exact) mass is 274 g/mol. The molecule has 3 nitrogen and oxygen atoms in total. The van der Waals surface area contributed by atoms with Gasteiger partial charge in [-0.1, -0.05) is 35.9 Å². The fraction of sp³-hybridized carbons (Fsp3) is 0.250. The minimum atomic E-state index is -0.380. The van der Waals surface area contributed by atoms with E-state index < -0.39 is 0 Å². The Labute approximate surface area is 118 Å². The lowest BCUT2D eigenvalue weighted by Gasteiger charge is -2.17. The van der Waals surface area contributed by atoms with Crippen LogP contribution in [0.1, 0.15) is 22.7 Å². The van der Waals surface area contributed by atoms with Crippen molar-refractivity contribution in [1.29, 1.82) is 0 Å². The smallest absolute Gasteiger partial charge is 0.165 e. The number of benzene rings is 2. The van der Waals surface area contributed by atoms with Crippen molar-refractivity contribution in [3.05, 3.63) is 65.0 Å². The third-order valence-electron chi connectivity index (χ3n) is 3.34. The molecule has 0 radical (unpaired) electrons. The molecule has 0 saturated heterocycles. The summed E-state index contributed by atoms with van der Waals surface area (Å²) in [7, 11) is 1.45. The Kier molecular flexibility index (Phi) is 4.71. The highest BCUT2D eigenvalue weighted by molar-refractivity contribution is 5.32. The van der Waals surface area contributed by atoms with Crippen LogP contribution in [0.25, 0.3) is 0 Å². The van der Waals surface area contributed by atoms with Crippen LogP contribution >= 0.6 is 0 Å². The van der Waals surface area contributed by atoms with Crippen molar-refractivity contribution in [2.24, 2.45) is 5.84 Å². The average molecular weight is 274 g/mol. The van der Waals surface area contributed by atoms with Crippen LogP contribution in [0.3, 0.4) is 0 Å². The van der Waals surface area contributed by atoms with Gasteiger partial charge >= 0.3 is 0 Å². The molecule has 3 N–H and O–H groups in total. The van der Waals surface area contributed by atoms with Crippen LogP contribution in [0.5, 0.6) is 5.75 Å². The SMILES string of the molecule is COc1ccc(C(Cc2ccc(C)cc2)NN)cc1F. The van der Waals surface area contributed by atoms with Gasteiger partial charge in [0.2, 0.25) is 0 Å². The van der Waals surface area contributed by atoms with Crippen LogP contribution in [0.2, 0.25) is 0 Å². The number of halogens is 1. The number of methoxy groups -OCH3 is 1. The summed E-state index contributed by atoms with van der Waals surface area (Å²) in [5.74, 6) is 5.46. The fourth-order valence-electron chi connectivity index (χ4n) is 2.13. The maximum absolute atomic E-state index is 13.7. The number of rotatable bonds is 5. The van der Waals surface area contributed by atoms with Gasteiger partial charge in [0.25, 0.3) is 0 Å². The summed E-state index contributed by atoms with van der Waals surface area (Å²) in [6.45, 7) is 2.04. The number of hydrogen-bond donors (Lipinski definition) is 2. The summed E-state index contributed by atoms with van der Waals surface area (Å²) in [6, 6.07) is 13.0. The molecular weight excluding hydrogens is 255 g/mol. The quantitative estimate of drug-likeness (QED) is 0.651. The molecule has 0 aliphatic heterocycles. The minimum absolute atomic E-state index is 0.141. The summed E-state index contributed by atoms with van der Waals surface area (Å²) < 4.78 is 18.7. The van der Waals surface area contributed by atoms with Crippen molar-refractivity contribution < 1.29 is 9.13 Å². The molecule has 0 spiro atoms. The second kappa shape index (κ2) is 6.50. The van der Waals surface area contributed by atoms with Gasteiger partial charge in [-0.2, -0.15) is 0 Å². The zero-order valence-electron chi connectivity index (χ0n) is 11.7. The maximum Gasteiger partial charge on any atom is 0.165 e. The van der Waals surface area contributed by atoms with Crippen LogP contribution in [-0.2, 0) is 6.42 Å². The Bertz CT molecular complexity index is 569. The average Bonchev–Trinajstić information content (AvgIpc) is 2.46. The van der Waals surface area contributed by atoms with Gasteiger partial charge in [-0.05, 0) is 36.6 Å². The molecule has 0 saturated carbocycles. The molecule has 0 aromatic heterocycles. The van der Waals surface area contributed by atoms with E-state index in [9.17, 15) is 4.39 Å². The normalized spacial score (nSPS) is 12.2. The van der Waals surface area contributed by atoms with Gasteiger partial charge in [0, 0.05) is 0 Å². The molecule has 0 heterocycles. The Morgan fingerprint density at radius 2 is 1.90 bits per heavy atom. The van der Waals surface area contributed by atoms with Crippen molar-refractivity contribution in [1.82, 2.24) is 5.43 Å². The van der Waals surface area contributed by atoms with Gasteiger partial charge in [0.15, 0.2) is 11.6 Å². The third kappa shape index (κ3) is 3.35. The van der Waals surface area contributed by atoms with Crippen LogP contribution < -0.4 is 16.0 Å². The van der Waals surface area contributed by atoms with Gasteiger partial charge in [-0.15, -0.1) is 0 Å². The second-order valence-electron chi connectivity index (χ2n) is 4.80. The Hall–Kier alpha value is -1.91. The predicted octanol–water partition coefficient (Wildman–Crippen LogP) is 2.89. The van der Waals surface area contributed by atoms with Crippen LogP contribution in [0.15, 0.2) is 42.5 Å². The summed E-state index contributed by atoms with van der Waals surface area (Å²) in [5.41, 5.74) is 5.89. The summed E-state index contributed by atoms with van der Waals surface area (Å²) in [6.07, 6.45) is 0.697. The first-order valence-corrected chi connectivity index (χ1v) is 6.49. The number of nitrogens with two attached hydrogens (primary N) is 1. The molecule has 0 bridgehead atoms. The first-order chi connectivity index (χ1) is 9.63. The molecule has 20 heavy (non-hydrogen) atoms. The number of aryl methyl sites for hydroxylation is 1. The van der Waals surface area contributed by atoms with E-state index in [4.69, 9.17) is 10.6 Å². The fourth-order valence-corrected chi connectivity index (χ4v) is 2.13. The van der Waals surface area contributed by atoms with Gasteiger partial charge in [0.05, 0.1) is 13.2 Å². The Morgan fingerprint density at radius 1 is 1.20 bits per heavy atom. The summed E-state index contributed by atoms with van der Waals surface area (Å²) >= 11 is 0. The van der Waals surface area contributed by atoms with Gasteiger partial charge in [-0.25, -0.2) is 4.39 Å². The number of ether oxygens (including phenoxy) is 1. The summed E-state index contributed by atoms with van der Waals surface area (Å²) in [5, 5.41) is 0. The lowest BCUT2D eigenvalue weighted by Crippen LogP contribution is -2.29. The van der Waals surface area contributed by atoms with E-state index in [2.05, 4.69) is 29.7 Å². The zero-order valence-corrected chi connectivity index (χ0v) is 11.7. The highest BCUT2D eigenvalue weighted by Gasteiger charge is 2.13. The number of hydrogen-bond acceptors (Lipinski definition) is 3. The van der Waals surface area contributed by atoms with Gasteiger partial charge in [-0.3, -0.25) is 11.3 Å². The van der Waals surface area contributed by atoms with Crippen LogP contribution in [0.4, 0.5) is 4.39 Å². The Morgan fingerprint density at radius 3 is 2.45 bits per heavy atom. The van der Waals surface area contributed by atoms with Crippen LogP contribution in [-0.4, -0.2) is 7.11 Å². The molecule has 0 amide bonds. The summed E-state index contributed by atoms with van der Waals surface area (Å²) in [4.78, 5) is 0. The zero-order chi connectivity index (χ0) is 14.5. The highest BCUT2D eigenvalue weighted by Crippen LogP contribution is 2.24. The van der Waals surface area contributed by atoms with Crippen LogP contribution in [0, 0.1) is 12.7 Å². The van der Waals surface area contributed by atoms with Crippen molar-refractivity contribution in [2.75, 3.05) is 7.11 Å². The van der Waals surface area contributed by atoms with E-state index in [1.807, 2.05) is 13.0 Å². The molecule has 106 valence electrons. The standard InChI is InChI=1S/C16H19FN2O/c1-11-3-5-12(6-4-11)9-15(19-18)13-7-8-16(20-2)14(17)10-13/h3-8,10,15,19H,9,18H2,1-2H3. The molecule has 4 heteroatoms. The minimum Gasteiger partial charge on any atom is -0.494 e. The van der Waals surface area contributed by atoms with E-state index in [0.29, 0.717) is 6.42 Å². The predicted molar refractivity (Wildman–Crippen MR) is 77.9 cm³/mol. The molecular formula is C16H19FN2O. The maximum atomic E-state index is 13.7. The topological polar surface area (TPSA) is 47.3 Å². The van der Waals surface area contributed by atoms with Crippen molar-refractivity contribution in [3.8, 4) is 5.75 Å². The molecule has 2 aromatic carbocycles. The van der Waals surface area contributed by atoms with E-state index >= 15 is 0 Å². The number of nitrogens with one attached hydrogen (secondary N) is 1. The molecule has 0 aliphatic rings. The van der Waals surface area contributed by atoms with Crippen molar-refractivity contribution in [2.45, 2.75) is 19.4 Å². The lowest BCUT2D eigenvalue weighted by atomic mass is 9.98. The molecule has 0 aliphatic carbocycles. The van der Waals surface area contributed by atoms with Crippen molar-refractivity contribution in [3.63, 3.8) is 0 Å². The van der Waals surface area contributed by atoms with Gasteiger partial charge in [0.1, 0.15) is 0 Å². The molecule has 1 atom stereocenters. The molecule has 1 unspecified atom stereocenters. The van der Waals surface area contributed by atoms with Crippen molar-refractivity contribution >= 4 is 0 Å². The number of hydrazine groups is 1.